The molecular formula is C23H21NO6S. The van der Waals surface area contributed by atoms with Crippen molar-refractivity contribution in [3.05, 3.63) is 77.9 Å². The highest BCUT2D eigenvalue weighted by molar-refractivity contribution is 7.89. The van der Waals surface area contributed by atoms with Crippen LogP contribution in [0.1, 0.15) is 28.8 Å². The van der Waals surface area contributed by atoms with Crippen LogP contribution in [0.3, 0.4) is 0 Å². The van der Waals surface area contributed by atoms with Crippen molar-refractivity contribution < 1.29 is 28.2 Å². The zero-order chi connectivity index (χ0) is 22.0. The number of carboxylic acids is 1. The van der Waals surface area contributed by atoms with Gasteiger partial charge < -0.3 is 14.9 Å². The van der Waals surface area contributed by atoms with Crippen LogP contribution >= 0.6 is 0 Å². The fraction of sp³-hybridized carbons (Fsp3) is 0.174. The predicted octanol–water partition coefficient (Wildman–Crippen LogP) is 3.78. The van der Waals surface area contributed by atoms with E-state index in [4.69, 9.17) is 9.84 Å². The molecule has 0 atom stereocenters. The lowest BCUT2D eigenvalue weighted by atomic mass is 10.0. The molecule has 160 valence electrons. The van der Waals surface area contributed by atoms with Gasteiger partial charge in [-0.15, -0.1) is 0 Å². The van der Waals surface area contributed by atoms with E-state index >= 15 is 0 Å². The van der Waals surface area contributed by atoms with Gasteiger partial charge in [0.25, 0.3) is 0 Å². The molecule has 1 fully saturated rings. The Labute approximate surface area is 180 Å². The first-order chi connectivity index (χ1) is 14.8. The van der Waals surface area contributed by atoms with Crippen molar-refractivity contribution in [1.29, 1.82) is 0 Å². The van der Waals surface area contributed by atoms with E-state index in [2.05, 4.69) is 4.72 Å². The number of hydrogen-bond acceptors (Lipinski definition) is 5. The molecule has 31 heavy (non-hydrogen) atoms. The van der Waals surface area contributed by atoms with Crippen LogP contribution < -0.4 is 9.46 Å². The van der Waals surface area contributed by atoms with Crippen molar-refractivity contribution in [3.8, 4) is 22.6 Å². The third-order valence-corrected chi connectivity index (χ3v) is 6.43. The van der Waals surface area contributed by atoms with Crippen molar-refractivity contribution >= 4 is 16.0 Å². The molecule has 0 spiro atoms. The summed E-state index contributed by atoms with van der Waals surface area (Å²) >= 11 is 0. The summed E-state index contributed by atoms with van der Waals surface area (Å²) in [6.45, 7) is 0.179. The number of aromatic carboxylic acids is 1. The highest BCUT2D eigenvalue weighted by Gasteiger charge is 2.28. The highest BCUT2D eigenvalue weighted by atomic mass is 32.2. The molecule has 3 aromatic carbocycles. The van der Waals surface area contributed by atoms with E-state index in [0.717, 1.165) is 29.5 Å². The minimum Gasteiger partial charge on any atom is -0.507 e. The summed E-state index contributed by atoms with van der Waals surface area (Å²) in [5, 5.41) is 18.7. The van der Waals surface area contributed by atoms with Crippen molar-refractivity contribution in [2.75, 3.05) is 0 Å². The van der Waals surface area contributed by atoms with Crippen molar-refractivity contribution in [1.82, 2.24) is 4.72 Å². The minimum absolute atomic E-state index is 0.0377. The summed E-state index contributed by atoms with van der Waals surface area (Å²) in [4.78, 5) is 11.4. The molecule has 3 aromatic rings. The highest BCUT2D eigenvalue weighted by Crippen LogP contribution is 2.27. The summed E-state index contributed by atoms with van der Waals surface area (Å²) in [6.07, 6.45) is 1.74. The van der Waals surface area contributed by atoms with Gasteiger partial charge in [-0.1, -0.05) is 30.3 Å². The Morgan fingerprint density at radius 2 is 1.71 bits per heavy atom. The SMILES string of the molecule is O=C(O)c1cc(OCc2cccc(-c3cccc(S(=O)(=O)NC4CC4)c3)c2)ccc1O. The number of nitrogens with one attached hydrogen (secondary N) is 1. The number of phenols is 1. The topological polar surface area (TPSA) is 113 Å². The number of carboxylic acid groups (broad SMARTS) is 1. The Morgan fingerprint density at radius 1 is 1.00 bits per heavy atom. The van der Waals surface area contributed by atoms with Crippen LogP contribution in [0.2, 0.25) is 0 Å². The predicted molar refractivity (Wildman–Crippen MR) is 115 cm³/mol. The smallest absolute Gasteiger partial charge is 0.339 e. The lowest BCUT2D eigenvalue weighted by Gasteiger charge is -2.11. The molecule has 0 amide bonds. The number of rotatable bonds is 8. The zero-order valence-electron chi connectivity index (χ0n) is 16.5. The lowest BCUT2D eigenvalue weighted by Crippen LogP contribution is -2.25. The molecule has 0 radical (unpaired) electrons. The van der Waals surface area contributed by atoms with Crippen LogP contribution in [0.15, 0.2) is 71.6 Å². The van der Waals surface area contributed by atoms with Crippen LogP contribution in [0.25, 0.3) is 11.1 Å². The van der Waals surface area contributed by atoms with Gasteiger partial charge in [0.1, 0.15) is 23.7 Å². The first kappa shape index (κ1) is 20.9. The second-order valence-electron chi connectivity index (χ2n) is 7.40. The van der Waals surface area contributed by atoms with Gasteiger partial charge >= 0.3 is 5.97 Å². The number of benzene rings is 3. The van der Waals surface area contributed by atoms with Crippen LogP contribution in [0.4, 0.5) is 0 Å². The van der Waals surface area contributed by atoms with Gasteiger partial charge in [-0.3, -0.25) is 0 Å². The maximum Gasteiger partial charge on any atom is 0.339 e. The number of carbonyl (C=O) groups is 1. The molecule has 1 aliphatic carbocycles. The molecule has 0 aromatic heterocycles. The van der Waals surface area contributed by atoms with E-state index in [0.29, 0.717) is 5.75 Å². The Balaban J connectivity index is 1.52. The molecule has 8 heteroatoms. The van der Waals surface area contributed by atoms with Gasteiger partial charge in [-0.25, -0.2) is 17.9 Å². The first-order valence-electron chi connectivity index (χ1n) is 9.73. The Kier molecular flexibility index (Phi) is 5.67. The van der Waals surface area contributed by atoms with E-state index in [-0.39, 0.29) is 28.9 Å². The summed E-state index contributed by atoms with van der Waals surface area (Å²) in [5.41, 5.74) is 2.19. The van der Waals surface area contributed by atoms with E-state index in [1.165, 1.54) is 18.2 Å². The van der Waals surface area contributed by atoms with Crippen LogP contribution in [0, 0.1) is 0 Å². The summed E-state index contributed by atoms with van der Waals surface area (Å²) < 4.78 is 33.4. The molecule has 1 saturated carbocycles. The third kappa shape index (κ3) is 5.04. The fourth-order valence-electron chi connectivity index (χ4n) is 3.12. The number of sulfonamides is 1. The van der Waals surface area contributed by atoms with Gasteiger partial charge in [-0.05, 0) is 65.9 Å². The fourth-order valence-corrected chi connectivity index (χ4v) is 4.47. The monoisotopic (exact) mass is 439 g/mol. The maximum absolute atomic E-state index is 12.5. The minimum atomic E-state index is -3.54. The molecule has 0 aliphatic heterocycles. The average molecular weight is 439 g/mol. The first-order valence-corrected chi connectivity index (χ1v) is 11.2. The molecule has 7 nitrogen and oxygen atoms in total. The van der Waals surface area contributed by atoms with Gasteiger partial charge in [0.2, 0.25) is 10.0 Å². The number of aromatic hydroxyl groups is 1. The Bertz CT molecular complexity index is 1230. The molecule has 0 heterocycles. The summed E-state index contributed by atoms with van der Waals surface area (Å²) in [5.74, 6) is -1.25. The summed E-state index contributed by atoms with van der Waals surface area (Å²) in [6, 6.07) is 18.3. The van der Waals surface area contributed by atoms with E-state index in [9.17, 15) is 18.3 Å². The largest absolute Gasteiger partial charge is 0.507 e. The van der Waals surface area contributed by atoms with Crippen LogP contribution in [-0.2, 0) is 16.6 Å². The van der Waals surface area contributed by atoms with Crippen LogP contribution in [0.5, 0.6) is 11.5 Å². The lowest BCUT2D eigenvalue weighted by molar-refractivity contribution is 0.0693. The quantitative estimate of drug-likeness (QED) is 0.492. The Morgan fingerprint density at radius 3 is 2.42 bits per heavy atom. The van der Waals surface area contributed by atoms with E-state index in [1.54, 1.807) is 18.2 Å². The molecule has 0 saturated heterocycles. The van der Waals surface area contributed by atoms with Crippen molar-refractivity contribution in [3.63, 3.8) is 0 Å². The van der Waals surface area contributed by atoms with Gasteiger partial charge in [0, 0.05) is 6.04 Å². The number of ether oxygens (including phenoxy) is 1. The zero-order valence-corrected chi connectivity index (χ0v) is 17.3. The molecule has 4 rings (SSSR count). The average Bonchev–Trinajstić information content (AvgIpc) is 3.56. The molecule has 0 unspecified atom stereocenters. The Hall–Kier alpha value is -3.36. The third-order valence-electron chi connectivity index (χ3n) is 4.91. The summed E-state index contributed by atoms with van der Waals surface area (Å²) in [7, 11) is -3.54. The molecular weight excluding hydrogens is 418 g/mol. The molecule has 1 aliphatic rings. The number of hydrogen-bond donors (Lipinski definition) is 3. The van der Waals surface area contributed by atoms with Crippen molar-refractivity contribution in [2.24, 2.45) is 0 Å². The normalized spacial score (nSPS) is 13.7. The van der Waals surface area contributed by atoms with Crippen molar-refractivity contribution in [2.45, 2.75) is 30.4 Å². The van der Waals surface area contributed by atoms with Gasteiger partial charge in [0.15, 0.2) is 0 Å². The molecule has 3 N–H and O–H groups in total. The molecule has 0 bridgehead atoms. The standard InChI is InChI=1S/C23H21NO6S/c25-22-10-9-19(13-21(22)23(26)27)30-14-15-3-1-4-16(11-15)17-5-2-6-20(12-17)31(28,29)24-18-7-8-18/h1-6,9-13,18,24-25H,7-8,14H2,(H,26,27). The van der Waals surface area contributed by atoms with E-state index in [1.807, 2.05) is 30.3 Å². The van der Waals surface area contributed by atoms with Crippen LogP contribution in [-0.4, -0.2) is 30.6 Å². The van der Waals surface area contributed by atoms with Gasteiger partial charge in [-0.2, -0.15) is 0 Å². The van der Waals surface area contributed by atoms with Gasteiger partial charge in [0.05, 0.1) is 4.90 Å². The van der Waals surface area contributed by atoms with E-state index < -0.39 is 16.0 Å². The maximum atomic E-state index is 12.5. The second kappa shape index (κ2) is 8.41. The second-order valence-corrected chi connectivity index (χ2v) is 9.11.